The predicted molar refractivity (Wildman–Crippen MR) is 117 cm³/mol. The number of likely N-dealkylation sites (tertiary alicyclic amines) is 1. The van der Waals surface area contributed by atoms with Crippen LogP contribution in [0.3, 0.4) is 0 Å². The quantitative estimate of drug-likeness (QED) is 0.774. The Bertz CT molecular complexity index is 1040. The molecule has 2 bridgehead atoms. The predicted octanol–water partition coefficient (Wildman–Crippen LogP) is 2.16. The number of fused-ring (bicyclic) bond motifs is 5. The molecular weight excluding hydrogens is 390 g/mol. The molecule has 5 heterocycles. The summed E-state index contributed by atoms with van der Waals surface area (Å²) in [5.41, 5.74) is 2.13. The van der Waals surface area contributed by atoms with Crippen molar-refractivity contribution in [1.82, 2.24) is 24.9 Å². The maximum Gasteiger partial charge on any atom is 0.246 e. The molecule has 0 aliphatic carbocycles. The molecule has 1 aromatic heterocycles. The van der Waals surface area contributed by atoms with Crippen molar-refractivity contribution in [3.05, 3.63) is 42.1 Å². The van der Waals surface area contributed by atoms with Crippen LogP contribution < -0.4 is 0 Å². The molecule has 31 heavy (non-hydrogen) atoms. The monoisotopic (exact) mass is 419 g/mol. The van der Waals surface area contributed by atoms with E-state index in [1.165, 1.54) is 5.39 Å². The molecule has 0 spiro atoms. The van der Waals surface area contributed by atoms with Crippen LogP contribution in [0.5, 0.6) is 0 Å². The Morgan fingerprint density at radius 1 is 1.13 bits per heavy atom. The molecule has 0 radical (unpaired) electrons. The summed E-state index contributed by atoms with van der Waals surface area (Å²) < 4.78 is 0. The Labute approximate surface area is 182 Å². The van der Waals surface area contributed by atoms with Crippen molar-refractivity contribution in [1.29, 1.82) is 0 Å². The normalized spacial score (nSPS) is 30.8. The van der Waals surface area contributed by atoms with Crippen molar-refractivity contribution in [3.63, 3.8) is 0 Å². The van der Waals surface area contributed by atoms with E-state index in [0.29, 0.717) is 25.4 Å². The smallest absolute Gasteiger partial charge is 0.246 e. The summed E-state index contributed by atoms with van der Waals surface area (Å²) >= 11 is 0. The van der Waals surface area contributed by atoms with Gasteiger partial charge in [-0.2, -0.15) is 5.10 Å². The summed E-state index contributed by atoms with van der Waals surface area (Å²) in [6.45, 7) is 3.97. The van der Waals surface area contributed by atoms with Crippen LogP contribution in [0.1, 0.15) is 31.4 Å². The number of piperidine rings is 3. The second kappa shape index (κ2) is 7.48. The SMILES string of the molecule is O=C([C@H]1[C@H]2C[C@H](CN(Cc3[nH]nc4ccccc34)C2)[C@@H]2CCCC(=O)N21)N1CC=CC1. The fourth-order valence-corrected chi connectivity index (χ4v) is 6.40. The number of rotatable bonds is 3. The maximum atomic E-state index is 13.6. The van der Waals surface area contributed by atoms with Crippen molar-refractivity contribution in [2.45, 2.75) is 44.3 Å². The lowest BCUT2D eigenvalue weighted by Crippen LogP contribution is -2.68. The highest BCUT2D eigenvalue weighted by molar-refractivity contribution is 5.89. The molecule has 2 aromatic rings. The van der Waals surface area contributed by atoms with E-state index in [9.17, 15) is 9.59 Å². The van der Waals surface area contributed by atoms with Crippen LogP contribution in [-0.2, 0) is 16.1 Å². The molecule has 0 saturated carbocycles. The number of aromatic nitrogens is 2. The molecule has 6 rings (SSSR count). The van der Waals surface area contributed by atoms with E-state index < -0.39 is 0 Å². The first-order chi connectivity index (χ1) is 15.2. The number of nitrogens with zero attached hydrogens (tertiary/aromatic N) is 4. The molecular formula is C24H29N5O2. The number of hydrogen-bond acceptors (Lipinski definition) is 4. The third-order valence-electron chi connectivity index (χ3n) is 7.72. The molecule has 1 aromatic carbocycles. The first-order valence-corrected chi connectivity index (χ1v) is 11.6. The minimum absolute atomic E-state index is 0.141. The van der Waals surface area contributed by atoms with Crippen LogP contribution in [0.2, 0.25) is 0 Å². The summed E-state index contributed by atoms with van der Waals surface area (Å²) in [5.74, 6) is 0.962. The first-order valence-electron chi connectivity index (χ1n) is 11.6. The highest BCUT2D eigenvalue weighted by Gasteiger charge is 2.52. The van der Waals surface area contributed by atoms with Gasteiger partial charge < -0.3 is 9.80 Å². The molecule has 162 valence electrons. The van der Waals surface area contributed by atoms with Gasteiger partial charge in [-0.25, -0.2) is 0 Å². The minimum Gasteiger partial charge on any atom is -0.333 e. The van der Waals surface area contributed by atoms with Gasteiger partial charge in [-0.15, -0.1) is 0 Å². The van der Waals surface area contributed by atoms with Crippen molar-refractivity contribution < 1.29 is 9.59 Å². The Morgan fingerprint density at radius 2 is 1.94 bits per heavy atom. The fourth-order valence-electron chi connectivity index (χ4n) is 6.40. The van der Waals surface area contributed by atoms with Crippen LogP contribution in [-0.4, -0.2) is 75.0 Å². The van der Waals surface area contributed by atoms with Crippen molar-refractivity contribution in [3.8, 4) is 0 Å². The summed E-state index contributed by atoms with van der Waals surface area (Å²) in [7, 11) is 0. The molecule has 7 heteroatoms. The van der Waals surface area contributed by atoms with E-state index in [1.54, 1.807) is 0 Å². The topological polar surface area (TPSA) is 72.5 Å². The van der Waals surface area contributed by atoms with Gasteiger partial charge in [0, 0.05) is 56.5 Å². The third kappa shape index (κ3) is 3.17. The molecule has 3 saturated heterocycles. The summed E-state index contributed by atoms with van der Waals surface area (Å²) in [5, 5.41) is 8.85. The zero-order chi connectivity index (χ0) is 20.9. The lowest BCUT2D eigenvalue weighted by molar-refractivity contribution is -0.164. The van der Waals surface area contributed by atoms with Crippen molar-refractivity contribution in [2.75, 3.05) is 26.2 Å². The lowest BCUT2D eigenvalue weighted by atomic mass is 9.71. The molecule has 4 atom stereocenters. The molecule has 7 nitrogen and oxygen atoms in total. The highest BCUT2D eigenvalue weighted by atomic mass is 16.2. The molecule has 1 N–H and O–H groups in total. The van der Waals surface area contributed by atoms with Gasteiger partial charge in [0.15, 0.2) is 0 Å². The van der Waals surface area contributed by atoms with E-state index >= 15 is 0 Å². The number of H-pyrrole nitrogens is 1. The van der Waals surface area contributed by atoms with E-state index in [1.807, 2.05) is 21.9 Å². The van der Waals surface area contributed by atoms with Gasteiger partial charge in [-0.05, 0) is 31.2 Å². The average molecular weight is 420 g/mol. The largest absolute Gasteiger partial charge is 0.333 e. The number of para-hydroxylation sites is 1. The second-order valence-electron chi connectivity index (χ2n) is 9.59. The first kappa shape index (κ1) is 19.0. The molecule has 2 amide bonds. The highest BCUT2D eigenvalue weighted by Crippen LogP contribution is 2.42. The van der Waals surface area contributed by atoms with E-state index in [-0.39, 0.29) is 29.8 Å². The van der Waals surface area contributed by atoms with Gasteiger partial charge in [0.1, 0.15) is 6.04 Å². The number of nitrogens with one attached hydrogen (secondary N) is 1. The zero-order valence-electron chi connectivity index (χ0n) is 17.7. The van der Waals surface area contributed by atoms with Gasteiger partial charge in [0.2, 0.25) is 11.8 Å². The third-order valence-corrected chi connectivity index (χ3v) is 7.72. The van der Waals surface area contributed by atoms with Crippen molar-refractivity contribution in [2.24, 2.45) is 11.8 Å². The number of hydrogen-bond donors (Lipinski definition) is 1. The molecule has 3 fully saturated rings. The van der Waals surface area contributed by atoms with Crippen LogP contribution >= 0.6 is 0 Å². The number of amides is 2. The minimum atomic E-state index is -0.310. The van der Waals surface area contributed by atoms with E-state index in [4.69, 9.17) is 0 Å². The standard InChI is InChI=1S/C24H29N5O2/c30-22-9-5-8-21-16-12-17(23(29(21)22)24(31)28-10-3-4-11-28)14-27(13-16)15-20-18-6-1-2-7-19(18)25-26-20/h1-4,6-7,16-17,21,23H,5,8-15H2,(H,25,26)/t16-,17+,21+,23-/m1/s1. The van der Waals surface area contributed by atoms with Gasteiger partial charge in [0.25, 0.3) is 0 Å². The van der Waals surface area contributed by atoms with Gasteiger partial charge >= 0.3 is 0 Å². The van der Waals surface area contributed by atoms with Crippen LogP contribution in [0.4, 0.5) is 0 Å². The number of aromatic amines is 1. The van der Waals surface area contributed by atoms with E-state index in [0.717, 1.165) is 50.1 Å². The second-order valence-corrected chi connectivity index (χ2v) is 9.59. The molecule has 4 aliphatic rings. The van der Waals surface area contributed by atoms with Crippen LogP contribution in [0, 0.1) is 11.8 Å². The Balaban J connectivity index is 1.29. The summed E-state index contributed by atoms with van der Waals surface area (Å²) in [6, 6.07) is 8.10. The van der Waals surface area contributed by atoms with Gasteiger partial charge in [-0.1, -0.05) is 30.4 Å². The van der Waals surface area contributed by atoms with Gasteiger partial charge in [0.05, 0.1) is 11.2 Å². The maximum absolute atomic E-state index is 13.6. The van der Waals surface area contributed by atoms with E-state index in [2.05, 4.69) is 39.4 Å². The average Bonchev–Trinajstić information content (AvgIpc) is 3.45. The van der Waals surface area contributed by atoms with Crippen LogP contribution in [0.15, 0.2) is 36.4 Å². The van der Waals surface area contributed by atoms with Gasteiger partial charge in [-0.3, -0.25) is 19.6 Å². The number of carbonyl (C=O) groups is 2. The lowest BCUT2D eigenvalue weighted by Gasteiger charge is -2.56. The Kier molecular flexibility index (Phi) is 4.60. The Morgan fingerprint density at radius 3 is 2.81 bits per heavy atom. The number of benzene rings is 1. The van der Waals surface area contributed by atoms with Crippen molar-refractivity contribution >= 4 is 22.7 Å². The fraction of sp³-hybridized carbons (Fsp3) is 0.542. The Hall–Kier alpha value is -2.67. The number of carbonyl (C=O) groups excluding carboxylic acids is 2. The molecule has 0 unspecified atom stereocenters. The summed E-state index contributed by atoms with van der Waals surface area (Å²) in [6.07, 6.45) is 7.70. The molecule has 4 aliphatic heterocycles. The summed E-state index contributed by atoms with van der Waals surface area (Å²) in [4.78, 5) is 33.0. The van der Waals surface area contributed by atoms with Crippen LogP contribution in [0.25, 0.3) is 10.9 Å². The zero-order valence-corrected chi connectivity index (χ0v) is 17.7.